The molecule has 0 aliphatic carbocycles. The molecule has 0 bridgehead atoms. The van der Waals surface area contributed by atoms with Crippen LogP contribution >= 0.6 is 11.6 Å². The molecule has 0 aliphatic heterocycles. The molecule has 1 N–H and O–H groups in total. The van der Waals surface area contributed by atoms with Gasteiger partial charge in [-0.3, -0.25) is 9.71 Å². The van der Waals surface area contributed by atoms with Gasteiger partial charge in [0.15, 0.2) is 0 Å². The van der Waals surface area contributed by atoms with Gasteiger partial charge in [0.2, 0.25) is 0 Å². The third kappa shape index (κ3) is 2.80. The van der Waals surface area contributed by atoms with Crippen molar-refractivity contribution in [1.82, 2.24) is 4.98 Å². The van der Waals surface area contributed by atoms with Crippen molar-refractivity contribution >= 4 is 27.3 Å². The highest BCUT2D eigenvalue weighted by Crippen LogP contribution is 2.23. The molecule has 2 aromatic rings. The Morgan fingerprint density at radius 1 is 1.22 bits per heavy atom. The molecule has 2 rings (SSSR count). The highest BCUT2D eigenvalue weighted by molar-refractivity contribution is 7.92. The summed E-state index contributed by atoms with van der Waals surface area (Å²) in [5, 5.41) is 0.186. The third-order valence-corrected chi connectivity index (χ3v) is 4.13. The van der Waals surface area contributed by atoms with Crippen molar-refractivity contribution in [2.24, 2.45) is 0 Å². The van der Waals surface area contributed by atoms with Crippen LogP contribution in [0.3, 0.4) is 0 Å². The Bertz CT molecular complexity index is 671. The van der Waals surface area contributed by atoms with E-state index in [-0.39, 0.29) is 9.92 Å². The summed E-state index contributed by atoms with van der Waals surface area (Å²) >= 11 is 5.87. The molecule has 0 unspecified atom stereocenters. The van der Waals surface area contributed by atoms with Crippen molar-refractivity contribution in [3.05, 3.63) is 53.3 Å². The Labute approximate surface area is 111 Å². The first-order valence-corrected chi connectivity index (χ1v) is 7.04. The van der Waals surface area contributed by atoms with Crippen LogP contribution in [0.15, 0.2) is 47.6 Å². The zero-order valence-electron chi connectivity index (χ0n) is 9.59. The number of pyridine rings is 1. The van der Waals surface area contributed by atoms with Crippen LogP contribution in [0.5, 0.6) is 0 Å². The normalized spacial score (nSPS) is 11.2. The number of aromatic nitrogens is 1. The molecule has 6 heteroatoms. The average Bonchev–Trinajstić information content (AvgIpc) is 2.28. The lowest BCUT2D eigenvalue weighted by atomic mass is 10.3. The maximum atomic E-state index is 12.1. The molecule has 0 atom stereocenters. The lowest BCUT2D eigenvalue weighted by molar-refractivity contribution is 0.601. The predicted octanol–water partition coefficient (Wildman–Crippen LogP) is 2.84. The van der Waals surface area contributed by atoms with E-state index in [4.69, 9.17) is 11.6 Å². The van der Waals surface area contributed by atoms with Crippen LogP contribution in [0.1, 0.15) is 5.56 Å². The largest absolute Gasteiger partial charge is 0.278 e. The Balaban J connectivity index is 2.37. The second-order valence-electron chi connectivity index (χ2n) is 3.79. The Hall–Kier alpha value is -1.59. The first-order valence-electron chi connectivity index (χ1n) is 5.18. The summed E-state index contributed by atoms with van der Waals surface area (Å²) in [5.74, 6) is 0. The molecule has 1 heterocycles. The minimum absolute atomic E-state index is 0.0492. The second-order valence-corrected chi connectivity index (χ2v) is 5.84. The summed E-state index contributed by atoms with van der Waals surface area (Å²) in [7, 11) is -3.68. The van der Waals surface area contributed by atoms with Gasteiger partial charge in [0.1, 0.15) is 4.90 Å². The van der Waals surface area contributed by atoms with Crippen LogP contribution in [0.4, 0.5) is 5.69 Å². The Kier molecular flexibility index (Phi) is 3.54. The van der Waals surface area contributed by atoms with Gasteiger partial charge in [0, 0.05) is 6.20 Å². The molecule has 0 amide bonds. The fraction of sp³-hybridized carbons (Fsp3) is 0.0833. The fourth-order valence-electron chi connectivity index (χ4n) is 1.48. The number of hydrogen-bond acceptors (Lipinski definition) is 3. The highest BCUT2D eigenvalue weighted by atomic mass is 35.5. The van der Waals surface area contributed by atoms with Crippen molar-refractivity contribution < 1.29 is 8.42 Å². The summed E-state index contributed by atoms with van der Waals surface area (Å²) in [6, 6.07) is 7.98. The summed E-state index contributed by atoms with van der Waals surface area (Å²) in [6.45, 7) is 1.83. The fourth-order valence-corrected chi connectivity index (χ4v) is 3.04. The van der Waals surface area contributed by atoms with Crippen LogP contribution in [-0.2, 0) is 10.0 Å². The van der Waals surface area contributed by atoms with E-state index in [0.717, 1.165) is 5.56 Å². The number of benzene rings is 1. The molecule has 0 fully saturated rings. The number of nitrogens with zero attached hydrogens (tertiary/aromatic N) is 1. The maximum Gasteiger partial charge on any atom is 0.263 e. The number of anilines is 1. The van der Waals surface area contributed by atoms with Gasteiger partial charge in [-0.15, -0.1) is 0 Å². The first kappa shape index (κ1) is 12.9. The van der Waals surface area contributed by atoms with Gasteiger partial charge < -0.3 is 0 Å². The van der Waals surface area contributed by atoms with Gasteiger partial charge in [-0.05, 0) is 30.7 Å². The number of aryl methyl sites for hydroxylation is 1. The number of sulfonamides is 1. The molecule has 18 heavy (non-hydrogen) atoms. The van der Waals surface area contributed by atoms with E-state index in [9.17, 15) is 8.42 Å². The summed E-state index contributed by atoms with van der Waals surface area (Å²) in [6.07, 6.45) is 3.09. The molecular formula is C12H11ClN2O2S. The van der Waals surface area contributed by atoms with Gasteiger partial charge in [-0.1, -0.05) is 23.7 Å². The molecule has 0 radical (unpaired) electrons. The Morgan fingerprint density at radius 3 is 2.61 bits per heavy atom. The summed E-state index contributed by atoms with van der Waals surface area (Å²) in [4.78, 5) is 3.97. The quantitative estimate of drug-likeness (QED) is 0.942. The monoisotopic (exact) mass is 282 g/mol. The molecule has 0 saturated heterocycles. The van der Waals surface area contributed by atoms with E-state index in [1.54, 1.807) is 24.4 Å². The van der Waals surface area contributed by atoms with Gasteiger partial charge >= 0.3 is 0 Å². The SMILES string of the molecule is Cc1cncc(NS(=O)(=O)c2ccccc2Cl)c1. The van der Waals surface area contributed by atoms with Crippen LogP contribution in [-0.4, -0.2) is 13.4 Å². The van der Waals surface area contributed by atoms with E-state index in [2.05, 4.69) is 9.71 Å². The molecule has 4 nitrogen and oxygen atoms in total. The molecule has 0 aliphatic rings. The van der Waals surface area contributed by atoms with Gasteiger partial charge in [-0.2, -0.15) is 0 Å². The van der Waals surface area contributed by atoms with Crippen molar-refractivity contribution in [3.63, 3.8) is 0 Å². The van der Waals surface area contributed by atoms with Crippen molar-refractivity contribution in [3.8, 4) is 0 Å². The average molecular weight is 283 g/mol. The lowest BCUT2D eigenvalue weighted by Gasteiger charge is -2.09. The van der Waals surface area contributed by atoms with Crippen LogP contribution in [0, 0.1) is 6.92 Å². The van der Waals surface area contributed by atoms with Gasteiger partial charge in [0.25, 0.3) is 10.0 Å². The molecular weight excluding hydrogens is 272 g/mol. The molecule has 1 aromatic carbocycles. The molecule has 0 spiro atoms. The van der Waals surface area contributed by atoms with Gasteiger partial charge in [0.05, 0.1) is 16.9 Å². The van der Waals surface area contributed by atoms with Crippen LogP contribution in [0.25, 0.3) is 0 Å². The predicted molar refractivity (Wildman–Crippen MR) is 71.2 cm³/mol. The zero-order valence-corrected chi connectivity index (χ0v) is 11.2. The number of nitrogens with one attached hydrogen (secondary N) is 1. The zero-order chi connectivity index (χ0) is 13.2. The Morgan fingerprint density at radius 2 is 1.94 bits per heavy atom. The lowest BCUT2D eigenvalue weighted by Crippen LogP contribution is -2.13. The summed E-state index contributed by atoms with van der Waals surface area (Å²) in [5.41, 5.74) is 1.28. The smallest absolute Gasteiger partial charge is 0.263 e. The standard InChI is InChI=1S/C12H11ClN2O2S/c1-9-6-10(8-14-7-9)15-18(16,17)12-5-3-2-4-11(12)13/h2-8,15H,1H3. The van der Waals surface area contributed by atoms with Crippen LogP contribution in [0.2, 0.25) is 5.02 Å². The number of rotatable bonds is 3. The van der Waals surface area contributed by atoms with Crippen molar-refractivity contribution in [2.45, 2.75) is 11.8 Å². The minimum atomic E-state index is -3.68. The van der Waals surface area contributed by atoms with Crippen molar-refractivity contribution in [1.29, 1.82) is 0 Å². The third-order valence-electron chi connectivity index (χ3n) is 2.25. The summed E-state index contributed by atoms with van der Waals surface area (Å²) < 4.78 is 26.7. The second kappa shape index (κ2) is 4.96. The van der Waals surface area contributed by atoms with Gasteiger partial charge in [-0.25, -0.2) is 8.42 Å². The number of halogens is 1. The van der Waals surface area contributed by atoms with Crippen LogP contribution < -0.4 is 4.72 Å². The maximum absolute atomic E-state index is 12.1. The van der Waals surface area contributed by atoms with E-state index in [1.165, 1.54) is 18.3 Å². The molecule has 1 aromatic heterocycles. The van der Waals surface area contributed by atoms with E-state index < -0.39 is 10.0 Å². The van der Waals surface area contributed by atoms with Crippen molar-refractivity contribution in [2.75, 3.05) is 4.72 Å². The topological polar surface area (TPSA) is 59.1 Å². The minimum Gasteiger partial charge on any atom is -0.278 e. The van der Waals surface area contributed by atoms with E-state index >= 15 is 0 Å². The first-order chi connectivity index (χ1) is 8.49. The molecule has 94 valence electrons. The molecule has 0 saturated carbocycles. The number of hydrogen-bond donors (Lipinski definition) is 1. The van der Waals surface area contributed by atoms with E-state index in [1.807, 2.05) is 6.92 Å². The van der Waals surface area contributed by atoms with E-state index in [0.29, 0.717) is 5.69 Å². The highest BCUT2D eigenvalue weighted by Gasteiger charge is 2.17.